The Labute approximate surface area is 143 Å². The lowest BCUT2D eigenvalue weighted by Crippen LogP contribution is -2.43. The minimum Gasteiger partial charge on any atom is -0.381 e. The zero-order valence-corrected chi connectivity index (χ0v) is 14.5. The van der Waals surface area contributed by atoms with Gasteiger partial charge in [0.1, 0.15) is 6.04 Å². The van der Waals surface area contributed by atoms with E-state index in [1.807, 2.05) is 0 Å². The molecule has 1 saturated carbocycles. The second-order valence-corrected chi connectivity index (χ2v) is 6.78. The van der Waals surface area contributed by atoms with Gasteiger partial charge < -0.3 is 19.5 Å². The summed E-state index contributed by atoms with van der Waals surface area (Å²) < 4.78 is 11.2. The van der Waals surface area contributed by atoms with Gasteiger partial charge in [-0.25, -0.2) is 4.79 Å². The first-order valence-electron chi connectivity index (χ1n) is 9.16. The molecule has 1 atom stereocenters. The van der Waals surface area contributed by atoms with Gasteiger partial charge in [-0.05, 0) is 38.0 Å². The molecule has 1 aliphatic carbocycles. The van der Waals surface area contributed by atoms with Crippen molar-refractivity contribution in [1.29, 1.82) is 0 Å². The monoisotopic (exact) mass is 336 g/mol. The maximum atomic E-state index is 12.0. The predicted octanol–water partition coefficient (Wildman–Crippen LogP) is 2.69. The van der Waals surface area contributed by atoms with Crippen molar-refractivity contribution < 1.29 is 14.1 Å². The number of nitrogens with one attached hydrogen (secondary N) is 1. The topological polar surface area (TPSA) is 80.5 Å². The molecule has 2 aliphatic rings. The molecule has 3 rings (SSSR count). The van der Waals surface area contributed by atoms with Gasteiger partial charge in [0.15, 0.2) is 5.82 Å². The lowest BCUT2D eigenvalue weighted by Gasteiger charge is -2.32. The van der Waals surface area contributed by atoms with Gasteiger partial charge in [-0.1, -0.05) is 18.0 Å². The van der Waals surface area contributed by atoms with Crippen LogP contribution in [0.5, 0.6) is 0 Å². The summed E-state index contributed by atoms with van der Waals surface area (Å²) in [4.78, 5) is 18.3. The molecule has 1 aromatic heterocycles. The zero-order valence-electron chi connectivity index (χ0n) is 14.5. The second kappa shape index (κ2) is 8.46. The molecular weight excluding hydrogens is 308 g/mol. The first kappa shape index (κ1) is 17.2. The van der Waals surface area contributed by atoms with Gasteiger partial charge in [-0.2, -0.15) is 4.98 Å². The van der Waals surface area contributed by atoms with Crippen LogP contribution in [-0.4, -0.2) is 47.9 Å². The van der Waals surface area contributed by atoms with Crippen LogP contribution < -0.4 is 5.32 Å². The van der Waals surface area contributed by atoms with Crippen LogP contribution in [0.1, 0.15) is 62.7 Å². The third-order valence-electron chi connectivity index (χ3n) is 5.04. The Kier molecular flexibility index (Phi) is 6.07. The van der Waals surface area contributed by atoms with Crippen LogP contribution in [0.2, 0.25) is 0 Å². The van der Waals surface area contributed by atoms with Gasteiger partial charge in [0.05, 0.1) is 6.61 Å². The van der Waals surface area contributed by atoms with Gasteiger partial charge in [-0.15, -0.1) is 0 Å². The summed E-state index contributed by atoms with van der Waals surface area (Å²) in [6.45, 7) is 2.20. The number of hydrogen-bond donors (Lipinski definition) is 1. The summed E-state index contributed by atoms with van der Waals surface area (Å²) in [7, 11) is 1.65. The van der Waals surface area contributed by atoms with E-state index in [1.54, 1.807) is 11.9 Å². The molecule has 24 heavy (non-hydrogen) atoms. The molecule has 1 N–H and O–H groups in total. The molecule has 0 spiro atoms. The summed E-state index contributed by atoms with van der Waals surface area (Å²) in [6, 6.07) is -0.196. The van der Waals surface area contributed by atoms with E-state index in [4.69, 9.17) is 9.26 Å². The van der Waals surface area contributed by atoms with E-state index in [0.29, 0.717) is 24.7 Å². The van der Waals surface area contributed by atoms with Crippen molar-refractivity contribution >= 4 is 6.03 Å². The number of urea groups is 1. The van der Waals surface area contributed by atoms with E-state index in [9.17, 15) is 4.79 Å². The summed E-state index contributed by atoms with van der Waals surface area (Å²) in [5, 5.41) is 6.74. The Bertz CT molecular complexity index is 528. The van der Waals surface area contributed by atoms with Crippen molar-refractivity contribution in [3.05, 3.63) is 11.7 Å². The highest BCUT2D eigenvalue weighted by Crippen LogP contribution is 2.30. The van der Waals surface area contributed by atoms with Crippen LogP contribution in [0.25, 0.3) is 0 Å². The van der Waals surface area contributed by atoms with Gasteiger partial charge in [0.25, 0.3) is 0 Å². The minimum absolute atomic E-state index is 0.0839. The Morgan fingerprint density at radius 2 is 2.08 bits per heavy atom. The number of amides is 2. The highest BCUT2D eigenvalue weighted by Gasteiger charge is 2.31. The molecule has 7 heteroatoms. The summed E-state index contributed by atoms with van der Waals surface area (Å²) >= 11 is 0. The molecule has 1 aliphatic heterocycles. The summed E-state index contributed by atoms with van der Waals surface area (Å²) in [6.07, 6.45) is 8.88. The molecule has 2 amide bonds. The Balaban J connectivity index is 1.49. The summed E-state index contributed by atoms with van der Waals surface area (Å²) in [5.41, 5.74) is 0. The summed E-state index contributed by atoms with van der Waals surface area (Å²) in [5.74, 6) is 1.94. The van der Waals surface area contributed by atoms with Gasteiger partial charge in [0, 0.05) is 26.6 Å². The van der Waals surface area contributed by atoms with Crippen LogP contribution in [0.3, 0.4) is 0 Å². The van der Waals surface area contributed by atoms with Gasteiger partial charge in [0.2, 0.25) is 5.89 Å². The molecule has 0 bridgehead atoms. The fourth-order valence-electron chi connectivity index (χ4n) is 3.67. The smallest absolute Gasteiger partial charge is 0.317 e. The lowest BCUT2D eigenvalue weighted by atomic mass is 10.0. The van der Waals surface area contributed by atoms with Gasteiger partial charge >= 0.3 is 6.03 Å². The van der Waals surface area contributed by atoms with Crippen LogP contribution in [0.4, 0.5) is 4.79 Å². The number of hydrogen-bond acceptors (Lipinski definition) is 5. The molecule has 2 heterocycles. The third kappa shape index (κ3) is 4.26. The SMILES string of the molecule is CNC(=O)N1CCCCC1c1nc(CCOCC2CCCC2)no1. The van der Waals surface area contributed by atoms with E-state index in [0.717, 1.165) is 38.3 Å². The van der Waals surface area contributed by atoms with E-state index in [2.05, 4.69) is 15.5 Å². The Morgan fingerprint density at radius 1 is 1.29 bits per heavy atom. The highest BCUT2D eigenvalue weighted by atomic mass is 16.5. The molecule has 1 saturated heterocycles. The van der Waals surface area contributed by atoms with Crippen molar-refractivity contribution in [2.45, 2.75) is 57.4 Å². The first-order valence-corrected chi connectivity index (χ1v) is 9.16. The molecule has 1 unspecified atom stereocenters. The van der Waals surface area contributed by atoms with Crippen molar-refractivity contribution in [3.8, 4) is 0 Å². The normalized spacial score (nSPS) is 22.0. The largest absolute Gasteiger partial charge is 0.381 e. The number of nitrogens with zero attached hydrogens (tertiary/aromatic N) is 3. The maximum Gasteiger partial charge on any atom is 0.317 e. The van der Waals surface area contributed by atoms with Crippen molar-refractivity contribution in [3.63, 3.8) is 0 Å². The fraction of sp³-hybridized carbons (Fsp3) is 0.824. The highest BCUT2D eigenvalue weighted by molar-refractivity contribution is 5.74. The molecule has 0 aromatic carbocycles. The van der Waals surface area contributed by atoms with E-state index in [-0.39, 0.29) is 12.1 Å². The third-order valence-corrected chi connectivity index (χ3v) is 5.04. The van der Waals surface area contributed by atoms with E-state index < -0.39 is 0 Å². The minimum atomic E-state index is -0.112. The standard InChI is InChI=1S/C17H28N4O3/c1-18-17(22)21-10-5-4-8-14(21)16-19-15(20-24-16)9-11-23-12-13-6-2-3-7-13/h13-14H,2-12H2,1H3,(H,18,22). The molecule has 134 valence electrons. The first-order chi connectivity index (χ1) is 11.8. The predicted molar refractivity (Wildman–Crippen MR) is 88.5 cm³/mol. The van der Waals surface area contributed by atoms with Crippen molar-refractivity contribution in [2.24, 2.45) is 5.92 Å². The number of piperidine rings is 1. The average Bonchev–Trinajstić information content (AvgIpc) is 3.30. The maximum absolute atomic E-state index is 12.0. The lowest BCUT2D eigenvalue weighted by molar-refractivity contribution is 0.102. The molecule has 0 radical (unpaired) electrons. The number of carbonyl (C=O) groups is 1. The Morgan fingerprint density at radius 3 is 2.88 bits per heavy atom. The number of ether oxygens (including phenoxy) is 1. The molecular formula is C17H28N4O3. The van der Waals surface area contributed by atoms with Crippen LogP contribution in [-0.2, 0) is 11.2 Å². The second-order valence-electron chi connectivity index (χ2n) is 6.78. The van der Waals surface area contributed by atoms with E-state index in [1.165, 1.54) is 25.7 Å². The fourth-order valence-corrected chi connectivity index (χ4v) is 3.67. The molecule has 1 aromatic rings. The molecule has 7 nitrogen and oxygen atoms in total. The van der Waals surface area contributed by atoms with Crippen molar-refractivity contribution in [2.75, 3.05) is 26.8 Å². The number of likely N-dealkylation sites (tertiary alicyclic amines) is 1. The number of rotatable bonds is 6. The number of aromatic nitrogens is 2. The van der Waals surface area contributed by atoms with Crippen LogP contribution in [0, 0.1) is 5.92 Å². The number of carbonyl (C=O) groups excluding carboxylic acids is 1. The van der Waals surface area contributed by atoms with Gasteiger partial charge in [-0.3, -0.25) is 0 Å². The van der Waals surface area contributed by atoms with Crippen LogP contribution >= 0.6 is 0 Å². The zero-order chi connectivity index (χ0) is 16.8. The Hall–Kier alpha value is -1.63. The quantitative estimate of drug-likeness (QED) is 0.808. The average molecular weight is 336 g/mol. The van der Waals surface area contributed by atoms with Crippen LogP contribution in [0.15, 0.2) is 4.52 Å². The van der Waals surface area contributed by atoms with E-state index >= 15 is 0 Å². The molecule has 2 fully saturated rings. The van der Waals surface area contributed by atoms with Crippen molar-refractivity contribution in [1.82, 2.24) is 20.4 Å².